The maximum atomic E-state index is 11.8. The Hall–Kier alpha value is -2.06. The van der Waals surface area contributed by atoms with Crippen molar-refractivity contribution in [1.29, 1.82) is 0 Å². The Morgan fingerprint density at radius 1 is 0.769 bits per heavy atom. The van der Waals surface area contributed by atoms with Crippen molar-refractivity contribution in [2.45, 2.75) is 0 Å². The maximum Gasteiger partial charge on any atom is 0.529 e. The van der Waals surface area contributed by atoms with E-state index in [1.165, 1.54) is 36.4 Å². The lowest BCUT2D eigenvalue weighted by Gasteiger charge is -2.10. The Kier molecular flexibility index (Phi) is 5.98. The summed E-state index contributed by atoms with van der Waals surface area (Å²) in [5.74, 6) is -2.13. The molecule has 0 aliphatic carbocycles. The van der Waals surface area contributed by atoms with E-state index in [0.717, 1.165) is 14.2 Å². The second kappa shape index (κ2) is 7.67. The van der Waals surface area contributed by atoms with Crippen LogP contribution in [0.15, 0.2) is 36.4 Å². The van der Waals surface area contributed by atoms with Gasteiger partial charge in [-0.1, -0.05) is 12.1 Å². The van der Waals surface area contributed by atoms with Crippen LogP contribution in [0.25, 0.3) is 10.8 Å². The molecule has 140 valence electrons. The zero-order valence-electron chi connectivity index (χ0n) is 13.5. The fraction of sp³-hybridized carbons (Fsp3) is 0.143. The second-order valence-electron chi connectivity index (χ2n) is 4.84. The number of fused-ring (bicyclic) bond motifs is 1. The third kappa shape index (κ3) is 4.98. The molecule has 0 aromatic heterocycles. The Bertz CT molecular complexity index is 877. The van der Waals surface area contributed by atoms with Gasteiger partial charge in [0.05, 0.1) is 11.1 Å². The van der Waals surface area contributed by atoms with Gasteiger partial charge in [0.15, 0.2) is 0 Å². The van der Waals surface area contributed by atoms with Gasteiger partial charge in [-0.15, -0.1) is 0 Å². The second-order valence-corrected chi connectivity index (χ2v) is 7.81. The molecule has 0 heterocycles. The standard InChI is InChI=1S/C14H14O10P2/c1-21-25(17,18)23-13(15)11-5-3-10-8-12(6-4-9(10)7-11)14(16)24-26(19,20)22-2/h3-8H,1-2H3,(H,17,18)(H,19,20). The monoisotopic (exact) mass is 404 g/mol. The highest BCUT2D eigenvalue weighted by atomic mass is 31.2. The first kappa shape index (κ1) is 20.3. The van der Waals surface area contributed by atoms with Crippen molar-refractivity contribution < 1.29 is 46.6 Å². The molecule has 2 aromatic carbocycles. The summed E-state index contributed by atoms with van der Waals surface area (Å²) in [7, 11) is -7.10. The summed E-state index contributed by atoms with van der Waals surface area (Å²) >= 11 is 0. The number of phosphoric ester groups is 2. The fourth-order valence-electron chi connectivity index (χ4n) is 1.89. The average molecular weight is 404 g/mol. The molecule has 2 unspecified atom stereocenters. The Balaban J connectivity index is 2.28. The van der Waals surface area contributed by atoms with E-state index in [1.807, 2.05) is 0 Å². The van der Waals surface area contributed by atoms with Gasteiger partial charge in [-0.05, 0) is 35.0 Å². The van der Waals surface area contributed by atoms with Crippen molar-refractivity contribution >= 4 is 38.4 Å². The van der Waals surface area contributed by atoms with Crippen LogP contribution in [0.3, 0.4) is 0 Å². The highest BCUT2D eigenvalue weighted by Gasteiger charge is 2.26. The van der Waals surface area contributed by atoms with Crippen molar-refractivity contribution in [1.82, 2.24) is 0 Å². The van der Waals surface area contributed by atoms with Crippen LogP contribution in [0.2, 0.25) is 0 Å². The molecule has 26 heavy (non-hydrogen) atoms. The Morgan fingerprint density at radius 3 is 1.42 bits per heavy atom. The minimum atomic E-state index is -4.47. The Labute approximate surface area is 147 Å². The number of phosphoric acid groups is 2. The van der Waals surface area contributed by atoms with E-state index in [0.29, 0.717) is 10.8 Å². The maximum absolute atomic E-state index is 11.8. The van der Waals surface area contributed by atoms with Gasteiger partial charge in [-0.3, -0.25) is 18.8 Å². The van der Waals surface area contributed by atoms with Crippen molar-refractivity contribution in [3.8, 4) is 0 Å². The molecular formula is C14H14O10P2. The average Bonchev–Trinajstić information content (AvgIpc) is 2.60. The van der Waals surface area contributed by atoms with Crippen LogP contribution in [-0.4, -0.2) is 35.9 Å². The topological polar surface area (TPSA) is 146 Å². The van der Waals surface area contributed by atoms with Gasteiger partial charge in [0.25, 0.3) is 0 Å². The van der Waals surface area contributed by atoms with Crippen molar-refractivity contribution in [3.63, 3.8) is 0 Å². The highest BCUT2D eigenvalue weighted by Crippen LogP contribution is 2.43. The van der Waals surface area contributed by atoms with Crippen LogP contribution < -0.4 is 0 Å². The predicted octanol–water partition coefficient (Wildman–Crippen LogP) is 2.65. The lowest BCUT2D eigenvalue weighted by Crippen LogP contribution is -2.05. The van der Waals surface area contributed by atoms with Crippen molar-refractivity contribution in [2.24, 2.45) is 0 Å². The first-order valence-corrected chi connectivity index (χ1v) is 9.85. The molecule has 0 bridgehead atoms. The smallest absolute Gasteiger partial charge is 0.367 e. The van der Waals surface area contributed by atoms with E-state index >= 15 is 0 Å². The fourth-order valence-corrected chi connectivity index (χ4v) is 2.67. The molecule has 0 spiro atoms. The summed E-state index contributed by atoms with van der Waals surface area (Å²) in [5, 5.41) is 1.00. The van der Waals surface area contributed by atoms with Gasteiger partial charge in [-0.25, -0.2) is 18.7 Å². The number of rotatable bonds is 6. The van der Waals surface area contributed by atoms with Crippen LogP contribution in [0.4, 0.5) is 0 Å². The number of carbonyl (C=O) groups is 2. The third-order valence-corrected chi connectivity index (χ3v) is 4.89. The molecule has 2 rings (SSSR count). The van der Waals surface area contributed by atoms with Crippen molar-refractivity contribution in [2.75, 3.05) is 14.2 Å². The van der Waals surface area contributed by atoms with E-state index in [4.69, 9.17) is 9.79 Å². The largest absolute Gasteiger partial charge is 0.529 e. The number of hydrogen-bond donors (Lipinski definition) is 2. The van der Waals surface area contributed by atoms with Crippen LogP contribution in [0.1, 0.15) is 20.7 Å². The lowest BCUT2D eigenvalue weighted by atomic mass is 10.0. The molecule has 2 atom stereocenters. The molecule has 2 N–H and O–H groups in total. The molecule has 0 aliphatic rings. The van der Waals surface area contributed by atoms with E-state index in [-0.39, 0.29) is 11.1 Å². The quantitative estimate of drug-likeness (QED) is 0.689. The van der Waals surface area contributed by atoms with Gasteiger partial charge in [0.2, 0.25) is 0 Å². The number of benzene rings is 2. The minimum absolute atomic E-state index is 0.0154. The normalized spacial score (nSPS) is 15.7. The highest BCUT2D eigenvalue weighted by molar-refractivity contribution is 7.48. The van der Waals surface area contributed by atoms with E-state index in [1.54, 1.807) is 0 Å². The molecule has 0 aliphatic heterocycles. The summed E-state index contributed by atoms with van der Waals surface area (Å²) in [6, 6.07) is 8.26. The van der Waals surface area contributed by atoms with Gasteiger partial charge >= 0.3 is 27.6 Å². The van der Waals surface area contributed by atoms with Crippen LogP contribution in [0, 0.1) is 0 Å². The van der Waals surface area contributed by atoms with Crippen LogP contribution in [0.5, 0.6) is 0 Å². The molecular weight excluding hydrogens is 390 g/mol. The molecule has 0 fully saturated rings. The number of carbonyl (C=O) groups excluding carboxylic acids is 2. The van der Waals surface area contributed by atoms with Gasteiger partial charge in [0.1, 0.15) is 0 Å². The first-order chi connectivity index (χ1) is 12.1. The summed E-state index contributed by atoms with van der Waals surface area (Å²) in [4.78, 5) is 42.0. The van der Waals surface area contributed by atoms with Gasteiger partial charge in [0, 0.05) is 14.2 Å². The Morgan fingerprint density at radius 2 is 1.12 bits per heavy atom. The molecule has 2 aromatic rings. The van der Waals surface area contributed by atoms with Crippen LogP contribution in [-0.2, 0) is 27.2 Å². The summed E-state index contributed by atoms with van der Waals surface area (Å²) < 4.78 is 39.6. The van der Waals surface area contributed by atoms with E-state index in [2.05, 4.69) is 18.1 Å². The van der Waals surface area contributed by atoms with Gasteiger partial charge < -0.3 is 9.05 Å². The number of hydrogen-bond acceptors (Lipinski definition) is 8. The molecule has 12 heteroatoms. The molecule has 0 saturated heterocycles. The van der Waals surface area contributed by atoms with E-state index < -0.39 is 27.6 Å². The third-order valence-electron chi connectivity index (χ3n) is 3.17. The van der Waals surface area contributed by atoms with Crippen molar-refractivity contribution in [3.05, 3.63) is 47.5 Å². The first-order valence-electron chi connectivity index (χ1n) is 6.85. The summed E-state index contributed by atoms with van der Waals surface area (Å²) in [6.07, 6.45) is 0. The molecule has 0 amide bonds. The lowest BCUT2D eigenvalue weighted by molar-refractivity contribution is 0.0646. The zero-order valence-corrected chi connectivity index (χ0v) is 15.3. The van der Waals surface area contributed by atoms with Gasteiger partial charge in [-0.2, -0.15) is 0 Å². The summed E-state index contributed by atoms with van der Waals surface area (Å²) in [5.41, 5.74) is -0.0308. The molecule has 10 nitrogen and oxygen atoms in total. The minimum Gasteiger partial charge on any atom is -0.367 e. The zero-order chi connectivity index (χ0) is 19.5. The predicted molar refractivity (Wildman–Crippen MR) is 88.4 cm³/mol. The molecule has 0 radical (unpaired) electrons. The SMILES string of the molecule is COP(=O)(O)OC(=O)c1ccc2cc(C(=O)OP(=O)(O)OC)ccc2c1. The molecule has 0 saturated carbocycles. The summed E-state index contributed by atoms with van der Waals surface area (Å²) in [6.45, 7) is 0. The van der Waals surface area contributed by atoms with Crippen LogP contribution >= 0.6 is 15.6 Å². The van der Waals surface area contributed by atoms with E-state index in [9.17, 15) is 18.7 Å².